The van der Waals surface area contributed by atoms with Crippen molar-refractivity contribution in [2.24, 2.45) is 0 Å². The van der Waals surface area contributed by atoms with Gasteiger partial charge in [0.05, 0.1) is 11.2 Å². The standard InChI is InChI=1S/C54H37NS/c1-54(39-18-3-2-4-19-39)48-27-9-7-23-47(48)52-49(54)28-14-29-50(52)55(40-33-31-37(32-34-40)43-24-12-16-36-15-5-6-21-42(36)43)41-20-11-17-38(35-41)44-25-13-26-46-45-22-8-10-30-51(45)56-53(44)46/h2-35H,1H3/i31D,32D,33D,34D. The molecule has 0 saturated heterocycles. The molecule has 0 aliphatic heterocycles. The van der Waals surface area contributed by atoms with Crippen LogP contribution in [0.1, 0.15) is 29.1 Å². The number of benzene rings is 9. The second-order valence-electron chi connectivity index (χ2n) is 14.7. The highest BCUT2D eigenvalue weighted by molar-refractivity contribution is 7.26. The van der Waals surface area contributed by atoms with E-state index >= 15 is 0 Å². The fourth-order valence-corrected chi connectivity index (χ4v) is 10.2. The smallest absolute Gasteiger partial charge is 0.0645 e. The molecular formula is C54H37NS. The van der Waals surface area contributed by atoms with Crippen LogP contribution in [0.4, 0.5) is 17.1 Å². The second kappa shape index (κ2) is 12.9. The van der Waals surface area contributed by atoms with Gasteiger partial charge in [-0.1, -0.05) is 170 Å². The van der Waals surface area contributed by atoms with Crippen molar-refractivity contribution < 1.29 is 5.48 Å². The predicted molar refractivity (Wildman–Crippen MR) is 240 cm³/mol. The van der Waals surface area contributed by atoms with Crippen LogP contribution in [0.15, 0.2) is 206 Å². The maximum atomic E-state index is 9.87. The van der Waals surface area contributed by atoms with Gasteiger partial charge >= 0.3 is 0 Å². The molecule has 0 N–H and O–H groups in total. The summed E-state index contributed by atoms with van der Waals surface area (Å²) >= 11 is 1.78. The number of thiophene rings is 1. The van der Waals surface area contributed by atoms with Gasteiger partial charge < -0.3 is 4.90 Å². The van der Waals surface area contributed by atoms with Gasteiger partial charge in [-0.3, -0.25) is 0 Å². The minimum absolute atomic E-state index is 0.0827. The zero-order valence-electron chi connectivity index (χ0n) is 34.7. The van der Waals surface area contributed by atoms with Crippen LogP contribution in [0, 0.1) is 0 Å². The first-order valence-electron chi connectivity index (χ1n) is 21.0. The van der Waals surface area contributed by atoms with Crippen LogP contribution in [-0.2, 0) is 5.41 Å². The summed E-state index contributed by atoms with van der Waals surface area (Å²) in [4.78, 5) is 1.98. The van der Waals surface area contributed by atoms with Crippen LogP contribution in [0.25, 0.3) is 64.3 Å². The van der Waals surface area contributed by atoms with E-state index in [-0.39, 0.29) is 35.4 Å². The highest BCUT2D eigenvalue weighted by atomic mass is 32.1. The van der Waals surface area contributed by atoms with E-state index in [9.17, 15) is 5.48 Å². The lowest BCUT2D eigenvalue weighted by Crippen LogP contribution is -2.22. The molecule has 0 radical (unpaired) electrons. The van der Waals surface area contributed by atoms with Gasteiger partial charge in [0.1, 0.15) is 0 Å². The molecule has 11 rings (SSSR count). The number of fused-ring (bicyclic) bond motifs is 7. The van der Waals surface area contributed by atoms with Crippen molar-refractivity contribution in [2.75, 3.05) is 4.90 Å². The first-order chi connectivity index (χ1) is 29.3. The summed E-state index contributed by atoms with van der Waals surface area (Å²) in [6.07, 6.45) is 0. The van der Waals surface area contributed by atoms with Crippen LogP contribution < -0.4 is 4.90 Å². The first kappa shape index (κ1) is 28.7. The van der Waals surface area contributed by atoms with E-state index in [4.69, 9.17) is 0 Å². The lowest BCUT2D eigenvalue weighted by Gasteiger charge is -2.31. The zero-order valence-corrected chi connectivity index (χ0v) is 31.5. The Labute approximate surface area is 337 Å². The molecule has 0 fully saturated rings. The fourth-order valence-electron chi connectivity index (χ4n) is 8.96. The van der Waals surface area contributed by atoms with Gasteiger partial charge in [-0.2, -0.15) is 0 Å². The molecular weight excluding hydrogens is 695 g/mol. The average Bonchev–Trinajstić information content (AvgIpc) is 3.81. The Bertz CT molecular complexity index is 3320. The van der Waals surface area contributed by atoms with Crippen LogP contribution in [-0.4, -0.2) is 0 Å². The van der Waals surface area contributed by atoms with E-state index in [0.29, 0.717) is 5.56 Å². The molecule has 9 aromatic carbocycles. The van der Waals surface area contributed by atoms with Crippen LogP contribution in [0.2, 0.25) is 0 Å². The van der Waals surface area contributed by atoms with Gasteiger partial charge in [0.25, 0.3) is 0 Å². The summed E-state index contributed by atoms with van der Waals surface area (Å²) in [6, 6.07) is 62.1. The van der Waals surface area contributed by atoms with Crippen molar-refractivity contribution in [3.05, 3.63) is 223 Å². The molecule has 0 amide bonds. The molecule has 0 bridgehead atoms. The summed E-state index contributed by atoms with van der Waals surface area (Å²) in [7, 11) is 0. The molecule has 264 valence electrons. The Balaban J connectivity index is 1.20. The molecule has 0 saturated carbocycles. The third-order valence-corrected chi connectivity index (χ3v) is 12.8. The Morgan fingerprint density at radius 3 is 2.02 bits per heavy atom. The highest BCUT2D eigenvalue weighted by Gasteiger charge is 2.42. The van der Waals surface area contributed by atoms with Crippen LogP contribution >= 0.6 is 11.3 Å². The SMILES string of the molecule is [2H]c1c([2H])c(N(c2cccc(-c3cccc4c3sc3ccccc34)c2)c2cccc3c2-c2ccccc2C3(C)c2ccccc2)c([2H])c([2H])c1-c1cccc2ccccc12. The van der Waals surface area contributed by atoms with Crippen molar-refractivity contribution in [1.29, 1.82) is 0 Å². The van der Waals surface area contributed by atoms with Gasteiger partial charge in [0.15, 0.2) is 0 Å². The zero-order chi connectivity index (χ0) is 40.7. The van der Waals surface area contributed by atoms with Crippen LogP contribution in [0.5, 0.6) is 0 Å². The lowest BCUT2D eigenvalue weighted by molar-refractivity contribution is 0.714. The normalized spacial score (nSPS) is 15.6. The van der Waals surface area contributed by atoms with Crippen molar-refractivity contribution in [3.63, 3.8) is 0 Å². The number of hydrogen-bond donors (Lipinski definition) is 0. The van der Waals surface area contributed by atoms with Crippen molar-refractivity contribution in [3.8, 4) is 33.4 Å². The molecule has 1 aliphatic carbocycles. The van der Waals surface area contributed by atoms with Crippen LogP contribution in [0.3, 0.4) is 0 Å². The molecule has 56 heavy (non-hydrogen) atoms. The minimum atomic E-state index is -0.486. The van der Waals surface area contributed by atoms with E-state index in [1.54, 1.807) is 11.3 Å². The van der Waals surface area contributed by atoms with Gasteiger partial charge in [0.2, 0.25) is 0 Å². The van der Waals surface area contributed by atoms with E-state index < -0.39 is 5.41 Å². The highest BCUT2D eigenvalue weighted by Crippen LogP contribution is 2.57. The summed E-state index contributed by atoms with van der Waals surface area (Å²) < 4.78 is 41.5. The Kier molecular flexibility index (Phi) is 6.63. The summed E-state index contributed by atoms with van der Waals surface area (Å²) in [6.45, 7) is 2.28. The number of hydrogen-bond acceptors (Lipinski definition) is 2. The quantitative estimate of drug-likeness (QED) is 0.164. The molecule has 1 nitrogen and oxygen atoms in total. The maximum Gasteiger partial charge on any atom is 0.0645 e. The van der Waals surface area contributed by atoms with Gasteiger partial charge in [-0.15, -0.1) is 11.3 Å². The van der Waals surface area contributed by atoms with E-state index in [2.05, 4.69) is 128 Å². The topological polar surface area (TPSA) is 3.24 Å². The molecule has 0 spiro atoms. The Morgan fingerprint density at radius 2 is 1.12 bits per heavy atom. The van der Waals surface area contributed by atoms with Crippen molar-refractivity contribution >= 4 is 59.3 Å². The van der Waals surface area contributed by atoms with Gasteiger partial charge in [-0.05, 0) is 98.6 Å². The molecule has 1 heterocycles. The predicted octanol–water partition coefficient (Wildman–Crippen LogP) is 15.3. The lowest BCUT2D eigenvalue weighted by atomic mass is 9.74. The fraction of sp³-hybridized carbons (Fsp3) is 0.0370. The summed E-state index contributed by atoms with van der Waals surface area (Å²) in [5, 5.41) is 4.29. The third kappa shape index (κ3) is 5.00. The van der Waals surface area contributed by atoms with E-state index in [0.717, 1.165) is 50.0 Å². The number of nitrogens with zero attached hydrogens (tertiary/aromatic N) is 1. The van der Waals surface area contributed by atoms with Gasteiger partial charge in [-0.25, -0.2) is 0 Å². The van der Waals surface area contributed by atoms with E-state index in [1.807, 2.05) is 65.6 Å². The van der Waals surface area contributed by atoms with E-state index in [1.165, 1.54) is 31.3 Å². The van der Waals surface area contributed by atoms with Crippen molar-refractivity contribution in [1.82, 2.24) is 0 Å². The van der Waals surface area contributed by atoms with Crippen molar-refractivity contribution in [2.45, 2.75) is 12.3 Å². The molecule has 1 unspecified atom stereocenters. The summed E-state index contributed by atoms with van der Waals surface area (Å²) in [5.41, 5.74) is 9.85. The molecule has 1 atom stereocenters. The maximum absolute atomic E-state index is 9.87. The van der Waals surface area contributed by atoms with Gasteiger partial charge in [0, 0.05) is 42.5 Å². The molecule has 10 aromatic rings. The average molecular weight is 736 g/mol. The summed E-state index contributed by atoms with van der Waals surface area (Å²) in [5.74, 6) is 0. The molecule has 2 heteroatoms. The largest absolute Gasteiger partial charge is 0.310 e. The Hall–Kier alpha value is -6.74. The number of rotatable bonds is 6. The molecule has 1 aliphatic rings. The third-order valence-electron chi connectivity index (χ3n) is 11.6. The monoisotopic (exact) mass is 735 g/mol. The number of anilines is 3. The first-order valence-corrected chi connectivity index (χ1v) is 19.8. The Morgan fingerprint density at radius 1 is 0.482 bits per heavy atom. The second-order valence-corrected chi connectivity index (χ2v) is 15.7. The molecule has 1 aromatic heterocycles. The minimum Gasteiger partial charge on any atom is -0.310 e.